The summed E-state index contributed by atoms with van der Waals surface area (Å²) in [6.45, 7) is 5.09. The van der Waals surface area contributed by atoms with Crippen LogP contribution in [0.2, 0.25) is 0 Å². The van der Waals surface area contributed by atoms with E-state index in [0.29, 0.717) is 19.1 Å². The number of rotatable bonds is 11. The van der Waals surface area contributed by atoms with Crippen molar-refractivity contribution in [1.82, 2.24) is 0 Å². The summed E-state index contributed by atoms with van der Waals surface area (Å²) in [6.07, 6.45) is 3.76. The van der Waals surface area contributed by atoms with E-state index in [1.165, 1.54) is 5.56 Å². The van der Waals surface area contributed by atoms with Crippen molar-refractivity contribution in [1.29, 1.82) is 0 Å². The van der Waals surface area contributed by atoms with Gasteiger partial charge in [0.05, 0.1) is 26.1 Å². The summed E-state index contributed by atoms with van der Waals surface area (Å²) in [5.41, 5.74) is 1.23. The fraction of sp³-hybridized carbons (Fsp3) is 0.579. The molecule has 0 radical (unpaired) electrons. The second-order valence-electron chi connectivity index (χ2n) is 6.07. The van der Waals surface area contributed by atoms with Crippen molar-refractivity contribution in [2.75, 3.05) is 13.2 Å². The summed E-state index contributed by atoms with van der Waals surface area (Å²) >= 11 is 0. The maximum absolute atomic E-state index is 11.5. The molecule has 4 heteroatoms. The highest BCUT2D eigenvalue weighted by molar-refractivity contribution is 5.77. The third kappa shape index (κ3) is 10.5. The van der Waals surface area contributed by atoms with Gasteiger partial charge in [-0.1, -0.05) is 44.2 Å². The molecule has 1 aromatic carbocycles. The Morgan fingerprint density at radius 2 is 1.48 bits per heavy atom. The van der Waals surface area contributed by atoms with Crippen LogP contribution in [-0.2, 0) is 25.5 Å². The molecule has 0 aliphatic carbocycles. The zero-order chi connectivity index (χ0) is 16.9. The molecule has 0 fully saturated rings. The van der Waals surface area contributed by atoms with Gasteiger partial charge in [0.25, 0.3) is 0 Å². The number of hydrogen-bond donors (Lipinski definition) is 0. The van der Waals surface area contributed by atoms with Crippen molar-refractivity contribution < 1.29 is 19.1 Å². The van der Waals surface area contributed by atoms with Crippen LogP contribution in [0, 0.1) is 5.92 Å². The molecule has 23 heavy (non-hydrogen) atoms. The number of carbonyl (C=O) groups excluding carboxylic acids is 2. The first-order valence-corrected chi connectivity index (χ1v) is 8.43. The van der Waals surface area contributed by atoms with Crippen molar-refractivity contribution in [3.63, 3.8) is 0 Å². The van der Waals surface area contributed by atoms with Gasteiger partial charge in [0.15, 0.2) is 0 Å². The predicted octanol–water partition coefficient (Wildman–Crippen LogP) is 3.92. The Hall–Kier alpha value is -1.84. The standard InChI is InChI=1S/C19H28O4/c1-16(2)8-6-14-22-18(20)12-13-19(21)23-15-7-11-17-9-4-3-5-10-17/h3-5,9-10,16H,6-8,11-15H2,1-2H3. The highest BCUT2D eigenvalue weighted by Crippen LogP contribution is 2.05. The van der Waals surface area contributed by atoms with E-state index >= 15 is 0 Å². The molecule has 0 saturated heterocycles. The summed E-state index contributed by atoms with van der Waals surface area (Å²) in [7, 11) is 0. The molecule has 0 atom stereocenters. The molecule has 128 valence electrons. The number of ether oxygens (including phenoxy) is 2. The zero-order valence-corrected chi connectivity index (χ0v) is 14.3. The van der Waals surface area contributed by atoms with Crippen LogP contribution in [0.1, 0.15) is 51.5 Å². The van der Waals surface area contributed by atoms with Crippen molar-refractivity contribution in [2.24, 2.45) is 5.92 Å². The lowest BCUT2D eigenvalue weighted by atomic mass is 10.1. The van der Waals surface area contributed by atoms with Gasteiger partial charge in [0.2, 0.25) is 0 Å². The lowest BCUT2D eigenvalue weighted by Crippen LogP contribution is -2.12. The van der Waals surface area contributed by atoms with Crippen molar-refractivity contribution in [3.8, 4) is 0 Å². The molecule has 0 aromatic heterocycles. The lowest BCUT2D eigenvalue weighted by Gasteiger charge is -2.07. The summed E-state index contributed by atoms with van der Waals surface area (Å²) in [5, 5.41) is 0. The van der Waals surface area contributed by atoms with Gasteiger partial charge >= 0.3 is 11.9 Å². The molecule has 0 amide bonds. The highest BCUT2D eigenvalue weighted by atomic mass is 16.5. The maximum Gasteiger partial charge on any atom is 0.306 e. The number of esters is 2. The van der Waals surface area contributed by atoms with E-state index in [1.807, 2.05) is 18.2 Å². The number of aryl methyl sites for hydroxylation is 1. The van der Waals surface area contributed by atoms with Crippen molar-refractivity contribution in [2.45, 2.75) is 52.4 Å². The van der Waals surface area contributed by atoms with E-state index < -0.39 is 0 Å². The highest BCUT2D eigenvalue weighted by Gasteiger charge is 2.09. The molecule has 0 unspecified atom stereocenters. The zero-order valence-electron chi connectivity index (χ0n) is 14.3. The number of carbonyl (C=O) groups is 2. The minimum atomic E-state index is -0.336. The van der Waals surface area contributed by atoms with Crippen LogP contribution in [0.3, 0.4) is 0 Å². The SMILES string of the molecule is CC(C)CCCOC(=O)CCC(=O)OCCCc1ccccc1. The first kappa shape index (κ1) is 19.2. The first-order chi connectivity index (χ1) is 11.1. The van der Waals surface area contributed by atoms with Crippen LogP contribution in [0.25, 0.3) is 0 Å². The van der Waals surface area contributed by atoms with Crippen LogP contribution in [-0.4, -0.2) is 25.2 Å². The summed E-state index contributed by atoms with van der Waals surface area (Å²) in [5.74, 6) is -0.0493. The van der Waals surface area contributed by atoms with Gasteiger partial charge in [0.1, 0.15) is 0 Å². The van der Waals surface area contributed by atoms with Gasteiger partial charge < -0.3 is 9.47 Å². The van der Waals surface area contributed by atoms with Crippen LogP contribution >= 0.6 is 0 Å². The van der Waals surface area contributed by atoms with E-state index in [9.17, 15) is 9.59 Å². The molecular weight excluding hydrogens is 292 g/mol. The Kier molecular flexibility index (Phi) is 9.76. The molecular formula is C19H28O4. The largest absolute Gasteiger partial charge is 0.466 e. The van der Waals surface area contributed by atoms with Gasteiger partial charge in [-0.15, -0.1) is 0 Å². The van der Waals surface area contributed by atoms with Gasteiger partial charge in [-0.3, -0.25) is 9.59 Å². The van der Waals surface area contributed by atoms with Crippen molar-refractivity contribution >= 4 is 11.9 Å². The van der Waals surface area contributed by atoms with Gasteiger partial charge in [0, 0.05) is 0 Å². The molecule has 0 saturated carbocycles. The molecule has 0 bridgehead atoms. The van der Waals surface area contributed by atoms with Gasteiger partial charge in [-0.2, -0.15) is 0 Å². The molecule has 0 spiro atoms. The number of benzene rings is 1. The average Bonchev–Trinajstić information content (AvgIpc) is 2.54. The summed E-state index contributed by atoms with van der Waals surface area (Å²) in [6, 6.07) is 10.1. The lowest BCUT2D eigenvalue weighted by molar-refractivity contribution is -0.150. The van der Waals surface area contributed by atoms with Gasteiger partial charge in [-0.05, 0) is 37.2 Å². The van der Waals surface area contributed by atoms with E-state index in [-0.39, 0.29) is 24.8 Å². The second-order valence-corrected chi connectivity index (χ2v) is 6.07. The molecule has 1 aromatic rings. The van der Waals surface area contributed by atoms with Crippen LogP contribution in [0.5, 0.6) is 0 Å². The Morgan fingerprint density at radius 1 is 0.913 bits per heavy atom. The summed E-state index contributed by atoms with van der Waals surface area (Å²) < 4.78 is 10.2. The van der Waals surface area contributed by atoms with Gasteiger partial charge in [-0.25, -0.2) is 0 Å². The molecule has 0 aliphatic rings. The van der Waals surface area contributed by atoms with Crippen molar-refractivity contribution in [3.05, 3.63) is 35.9 Å². The third-order valence-corrected chi connectivity index (χ3v) is 3.44. The van der Waals surface area contributed by atoms with E-state index in [2.05, 4.69) is 26.0 Å². The monoisotopic (exact) mass is 320 g/mol. The molecule has 0 N–H and O–H groups in total. The van der Waals surface area contributed by atoms with E-state index in [0.717, 1.165) is 25.7 Å². The smallest absolute Gasteiger partial charge is 0.306 e. The number of hydrogen-bond acceptors (Lipinski definition) is 4. The minimum absolute atomic E-state index is 0.0916. The molecule has 0 heterocycles. The molecule has 4 nitrogen and oxygen atoms in total. The topological polar surface area (TPSA) is 52.6 Å². The Morgan fingerprint density at radius 3 is 2.04 bits per heavy atom. The fourth-order valence-electron chi connectivity index (χ4n) is 2.13. The molecule has 1 rings (SSSR count). The van der Waals surface area contributed by atoms with Crippen LogP contribution in [0.15, 0.2) is 30.3 Å². The normalized spacial score (nSPS) is 10.6. The minimum Gasteiger partial charge on any atom is -0.466 e. The van der Waals surface area contributed by atoms with Crippen LogP contribution in [0.4, 0.5) is 0 Å². The third-order valence-electron chi connectivity index (χ3n) is 3.44. The molecule has 0 aliphatic heterocycles. The summed E-state index contributed by atoms with van der Waals surface area (Å²) in [4.78, 5) is 23.0. The maximum atomic E-state index is 11.5. The van der Waals surface area contributed by atoms with E-state index in [1.54, 1.807) is 0 Å². The van der Waals surface area contributed by atoms with Crippen LogP contribution < -0.4 is 0 Å². The second kappa shape index (κ2) is 11.7. The predicted molar refractivity (Wildman–Crippen MR) is 90.0 cm³/mol. The fourth-order valence-corrected chi connectivity index (χ4v) is 2.13. The van der Waals surface area contributed by atoms with E-state index in [4.69, 9.17) is 9.47 Å². The Bertz CT molecular complexity index is 454. The average molecular weight is 320 g/mol. The Balaban J connectivity index is 2.00. The first-order valence-electron chi connectivity index (χ1n) is 8.43. The Labute approximate surface area is 139 Å². The quantitative estimate of drug-likeness (QED) is 0.458.